The van der Waals surface area contributed by atoms with Crippen LogP contribution in [0.3, 0.4) is 0 Å². The van der Waals surface area contributed by atoms with Gasteiger partial charge in [-0.1, -0.05) is 27.7 Å². The predicted molar refractivity (Wildman–Crippen MR) is 59.2 cm³/mol. The van der Waals surface area contributed by atoms with Gasteiger partial charge in [-0.15, -0.1) is 10.2 Å². The summed E-state index contributed by atoms with van der Waals surface area (Å²) in [5, 5.41) is 8.39. The van der Waals surface area contributed by atoms with Crippen molar-refractivity contribution < 1.29 is 0 Å². The highest BCUT2D eigenvalue weighted by Crippen LogP contribution is 2.73. The first-order chi connectivity index (χ1) is 6.84. The van der Waals surface area contributed by atoms with E-state index in [1.165, 1.54) is 0 Å². The molecule has 0 saturated heterocycles. The van der Waals surface area contributed by atoms with E-state index in [2.05, 4.69) is 37.9 Å². The van der Waals surface area contributed by atoms with Crippen LogP contribution < -0.4 is 5.73 Å². The van der Waals surface area contributed by atoms with Crippen molar-refractivity contribution in [2.24, 2.45) is 23.6 Å². The summed E-state index contributed by atoms with van der Waals surface area (Å²) >= 11 is 0. The fourth-order valence-electron chi connectivity index (χ4n) is 2.65. The highest BCUT2D eigenvalue weighted by Gasteiger charge is 2.67. The number of hydrogen-bond donors (Lipinski definition) is 1. The minimum absolute atomic E-state index is 0.305. The largest absolute Gasteiger partial charge is 0.324 e. The van der Waals surface area contributed by atoms with Crippen molar-refractivity contribution in [1.29, 1.82) is 0 Å². The molecule has 4 heteroatoms. The molecule has 0 radical (unpaired) electrons. The zero-order chi connectivity index (χ0) is 11.4. The maximum absolute atomic E-state index is 5.60. The summed E-state index contributed by atoms with van der Waals surface area (Å²) in [4.78, 5) is 0. The molecule has 1 saturated carbocycles. The second-order valence-electron chi connectivity index (χ2n) is 5.61. The van der Waals surface area contributed by atoms with Gasteiger partial charge in [0.1, 0.15) is 11.6 Å². The summed E-state index contributed by atoms with van der Waals surface area (Å²) in [5.74, 6) is 2.43. The van der Waals surface area contributed by atoms with E-state index < -0.39 is 0 Å². The summed E-state index contributed by atoms with van der Waals surface area (Å²) in [6.07, 6.45) is 0. The molecule has 1 aromatic heterocycles. The molecule has 2 N–H and O–H groups in total. The molecular weight excluding hydrogens is 188 g/mol. The first-order valence-corrected chi connectivity index (χ1v) is 5.42. The minimum Gasteiger partial charge on any atom is -0.324 e. The van der Waals surface area contributed by atoms with E-state index in [1.54, 1.807) is 0 Å². The third-order valence-corrected chi connectivity index (χ3v) is 4.46. The third kappa shape index (κ3) is 1.17. The van der Waals surface area contributed by atoms with Crippen LogP contribution in [0.25, 0.3) is 0 Å². The van der Waals surface area contributed by atoms with Crippen LogP contribution in [0.5, 0.6) is 0 Å². The van der Waals surface area contributed by atoms with E-state index >= 15 is 0 Å². The van der Waals surface area contributed by atoms with Crippen molar-refractivity contribution in [1.82, 2.24) is 14.8 Å². The molecule has 84 valence electrons. The molecule has 0 aromatic carbocycles. The molecule has 0 unspecified atom stereocenters. The molecule has 1 aromatic rings. The molecule has 0 atom stereocenters. The van der Waals surface area contributed by atoms with Crippen LogP contribution in [0.15, 0.2) is 0 Å². The Morgan fingerprint density at radius 1 is 1.20 bits per heavy atom. The lowest BCUT2D eigenvalue weighted by molar-refractivity contribution is 0.457. The summed E-state index contributed by atoms with van der Waals surface area (Å²) in [5.41, 5.74) is 6.21. The van der Waals surface area contributed by atoms with Crippen molar-refractivity contribution in [3.8, 4) is 0 Å². The van der Waals surface area contributed by atoms with Gasteiger partial charge < -0.3 is 10.3 Å². The van der Waals surface area contributed by atoms with Gasteiger partial charge >= 0.3 is 0 Å². The van der Waals surface area contributed by atoms with E-state index in [-0.39, 0.29) is 0 Å². The van der Waals surface area contributed by atoms with Gasteiger partial charge in [0.05, 0.1) is 6.54 Å². The Morgan fingerprint density at radius 3 is 2.07 bits per heavy atom. The van der Waals surface area contributed by atoms with E-state index in [9.17, 15) is 0 Å². The molecule has 0 bridgehead atoms. The molecule has 4 nitrogen and oxygen atoms in total. The van der Waals surface area contributed by atoms with Crippen LogP contribution in [-0.2, 0) is 13.6 Å². The molecule has 1 fully saturated rings. The third-order valence-electron chi connectivity index (χ3n) is 4.46. The van der Waals surface area contributed by atoms with Gasteiger partial charge in [-0.2, -0.15) is 0 Å². The Morgan fingerprint density at radius 2 is 1.73 bits per heavy atom. The molecule has 2 rings (SSSR count). The van der Waals surface area contributed by atoms with E-state index in [0.29, 0.717) is 23.3 Å². The SMILES string of the molecule is Cn1c(CN)nnc1C1C(C)(C)C1(C)C. The molecule has 1 aliphatic rings. The first kappa shape index (κ1) is 10.6. The van der Waals surface area contributed by atoms with Gasteiger partial charge in [0.25, 0.3) is 0 Å². The van der Waals surface area contributed by atoms with Crippen LogP contribution >= 0.6 is 0 Å². The fourth-order valence-corrected chi connectivity index (χ4v) is 2.65. The lowest BCUT2D eigenvalue weighted by Crippen LogP contribution is -2.07. The summed E-state index contributed by atoms with van der Waals surface area (Å²) in [6, 6.07) is 0. The molecule has 15 heavy (non-hydrogen) atoms. The second-order valence-corrected chi connectivity index (χ2v) is 5.61. The lowest BCUT2D eigenvalue weighted by atomic mass is 10.0. The Bertz CT molecular complexity index is 375. The second kappa shape index (κ2) is 2.82. The zero-order valence-electron chi connectivity index (χ0n) is 10.2. The monoisotopic (exact) mass is 208 g/mol. The molecule has 1 heterocycles. The number of hydrogen-bond acceptors (Lipinski definition) is 3. The number of aromatic nitrogens is 3. The van der Waals surface area contributed by atoms with Gasteiger partial charge in [0, 0.05) is 13.0 Å². The van der Waals surface area contributed by atoms with Crippen molar-refractivity contribution in [2.75, 3.05) is 0 Å². The number of nitrogens with zero attached hydrogens (tertiary/aromatic N) is 3. The Labute approximate surface area is 90.9 Å². The van der Waals surface area contributed by atoms with Gasteiger partial charge in [-0.05, 0) is 10.8 Å². The topological polar surface area (TPSA) is 56.7 Å². The highest BCUT2D eigenvalue weighted by atomic mass is 15.3. The minimum atomic E-state index is 0.305. The van der Waals surface area contributed by atoms with Crippen molar-refractivity contribution in [3.05, 3.63) is 11.6 Å². The van der Waals surface area contributed by atoms with Crippen molar-refractivity contribution in [2.45, 2.75) is 40.2 Å². The average Bonchev–Trinajstić information content (AvgIpc) is 2.45. The van der Waals surface area contributed by atoms with Crippen molar-refractivity contribution in [3.63, 3.8) is 0 Å². The zero-order valence-corrected chi connectivity index (χ0v) is 10.2. The Balaban J connectivity index is 2.38. The number of nitrogens with two attached hydrogens (primary N) is 1. The fraction of sp³-hybridized carbons (Fsp3) is 0.818. The first-order valence-electron chi connectivity index (χ1n) is 5.42. The van der Waals surface area contributed by atoms with Gasteiger partial charge in [0.15, 0.2) is 0 Å². The highest BCUT2D eigenvalue weighted by molar-refractivity contribution is 5.27. The van der Waals surface area contributed by atoms with Gasteiger partial charge in [0.2, 0.25) is 0 Å². The van der Waals surface area contributed by atoms with Crippen LogP contribution in [0.2, 0.25) is 0 Å². The molecular formula is C11H20N4. The predicted octanol–water partition coefficient (Wildman–Crippen LogP) is 1.42. The number of rotatable bonds is 2. The summed E-state index contributed by atoms with van der Waals surface area (Å²) in [7, 11) is 2.00. The summed E-state index contributed by atoms with van der Waals surface area (Å²) < 4.78 is 2.04. The summed E-state index contributed by atoms with van der Waals surface area (Å²) in [6.45, 7) is 9.60. The van der Waals surface area contributed by atoms with E-state index in [1.807, 2.05) is 11.6 Å². The smallest absolute Gasteiger partial charge is 0.146 e. The van der Waals surface area contributed by atoms with E-state index in [0.717, 1.165) is 11.6 Å². The van der Waals surface area contributed by atoms with Gasteiger partial charge in [-0.25, -0.2) is 0 Å². The molecule has 1 aliphatic carbocycles. The maximum Gasteiger partial charge on any atom is 0.146 e. The van der Waals surface area contributed by atoms with Crippen molar-refractivity contribution >= 4 is 0 Å². The van der Waals surface area contributed by atoms with Crippen LogP contribution in [0.1, 0.15) is 45.3 Å². The lowest BCUT2D eigenvalue weighted by Gasteiger charge is -2.03. The van der Waals surface area contributed by atoms with Gasteiger partial charge in [-0.3, -0.25) is 0 Å². The average molecular weight is 208 g/mol. The van der Waals surface area contributed by atoms with E-state index in [4.69, 9.17) is 5.73 Å². The van der Waals surface area contributed by atoms with Crippen LogP contribution in [-0.4, -0.2) is 14.8 Å². The van der Waals surface area contributed by atoms with Crippen LogP contribution in [0.4, 0.5) is 0 Å². The molecule has 0 spiro atoms. The van der Waals surface area contributed by atoms with Crippen LogP contribution in [0, 0.1) is 10.8 Å². The standard InChI is InChI=1S/C11H20N4/c1-10(2)8(11(10,3)4)9-14-13-7(6-12)15(9)5/h8H,6,12H2,1-5H3. The quantitative estimate of drug-likeness (QED) is 0.799. The normalized spacial score (nSPS) is 23.1. The Kier molecular flexibility index (Phi) is 1.99. The maximum atomic E-state index is 5.60. The Hall–Kier alpha value is -0.900. The molecule has 0 aliphatic heterocycles. The molecule has 0 amide bonds.